The van der Waals surface area contributed by atoms with Crippen LogP contribution in [0, 0.1) is 0 Å². The lowest BCUT2D eigenvalue weighted by molar-refractivity contribution is 0.756. The zero-order valence-corrected chi connectivity index (χ0v) is 7.97. The van der Waals surface area contributed by atoms with Crippen molar-refractivity contribution in [2.75, 3.05) is 24.6 Å². The Hall–Kier alpha value is 0.310. The fourth-order valence-electron chi connectivity index (χ4n) is 0.516. The lowest BCUT2D eigenvalue weighted by Gasteiger charge is -2.08. The lowest BCUT2D eigenvalue weighted by Crippen LogP contribution is -2.24. The Morgan fingerprint density at radius 2 is 1.60 bits per heavy atom. The van der Waals surface area contributed by atoms with Crippen molar-refractivity contribution in [3.8, 4) is 0 Å². The Balaban J connectivity index is 0.000000180. The van der Waals surface area contributed by atoms with Gasteiger partial charge in [0.05, 0.1) is 0 Å². The molecule has 1 aliphatic heterocycles. The first-order valence-corrected chi connectivity index (χ1v) is 5.35. The highest BCUT2D eigenvalue weighted by Gasteiger charge is 1.93. The van der Waals surface area contributed by atoms with Gasteiger partial charge in [0.25, 0.3) is 0 Å². The normalized spacial score (nSPS) is 17.4. The molecule has 1 aliphatic rings. The predicted molar refractivity (Wildman–Crippen MR) is 50.8 cm³/mol. The predicted octanol–water partition coefficient (Wildman–Crippen LogP) is 2.13. The molecule has 1 N–H and O–H groups in total. The van der Waals surface area contributed by atoms with E-state index in [1.54, 1.807) is 0 Å². The zero-order chi connectivity index (χ0) is 7.66. The molecule has 1 saturated heterocycles. The van der Waals surface area contributed by atoms with Crippen LogP contribution < -0.4 is 5.32 Å². The minimum atomic E-state index is 1.21. The van der Waals surface area contributed by atoms with E-state index in [2.05, 4.69) is 19.2 Å². The minimum absolute atomic E-state index is 1.21. The van der Waals surface area contributed by atoms with E-state index in [0.29, 0.717) is 0 Å². The molecule has 0 aromatic carbocycles. The maximum absolute atomic E-state index is 3.26. The molecule has 0 amide bonds. The molecule has 1 heterocycles. The molecule has 0 bridgehead atoms. The molecule has 0 atom stereocenters. The molecule has 0 spiro atoms. The second-order valence-corrected chi connectivity index (χ2v) is 3.59. The largest absolute Gasteiger partial charge is 0.315 e. The van der Waals surface area contributed by atoms with Crippen LogP contribution in [0.2, 0.25) is 0 Å². The number of unbranched alkanes of at least 4 members (excludes halogenated alkanes) is 1. The number of nitrogens with one attached hydrogen (secondary N) is 1. The highest BCUT2D eigenvalue weighted by atomic mass is 32.2. The quantitative estimate of drug-likeness (QED) is 0.632. The van der Waals surface area contributed by atoms with Crippen LogP contribution in [0.1, 0.15) is 26.7 Å². The van der Waals surface area contributed by atoms with Crippen LogP contribution >= 0.6 is 11.8 Å². The lowest BCUT2D eigenvalue weighted by atomic mass is 10.4. The Kier molecular flexibility index (Phi) is 9.60. The summed E-state index contributed by atoms with van der Waals surface area (Å²) < 4.78 is 0. The third-order valence-electron chi connectivity index (χ3n) is 1.35. The number of rotatable bonds is 1. The molecule has 1 rings (SSSR count). The van der Waals surface area contributed by atoms with Gasteiger partial charge < -0.3 is 5.32 Å². The van der Waals surface area contributed by atoms with Crippen molar-refractivity contribution in [2.24, 2.45) is 0 Å². The van der Waals surface area contributed by atoms with Crippen molar-refractivity contribution in [2.45, 2.75) is 26.7 Å². The number of hydrogen-bond acceptors (Lipinski definition) is 2. The fourth-order valence-corrected chi connectivity index (χ4v) is 1.30. The van der Waals surface area contributed by atoms with Gasteiger partial charge in [-0.2, -0.15) is 11.8 Å². The third-order valence-corrected chi connectivity index (χ3v) is 2.33. The van der Waals surface area contributed by atoms with Crippen molar-refractivity contribution >= 4 is 11.8 Å². The maximum atomic E-state index is 3.26. The molecule has 10 heavy (non-hydrogen) atoms. The monoisotopic (exact) mass is 161 g/mol. The van der Waals surface area contributed by atoms with E-state index in [-0.39, 0.29) is 0 Å². The summed E-state index contributed by atoms with van der Waals surface area (Å²) in [4.78, 5) is 0. The average molecular weight is 161 g/mol. The molecular weight excluding hydrogens is 142 g/mol. The molecule has 0 aromatic heterocycles. The highest BCUT2D eigenvalue weighted by Crippen LogP contribution is 1.99. The van der Waals surface area contributed by atoms with Crippen molar-refractivity contribution in [1.82, 2.24) is 5.32 Å². The van der Waals surface area contributed by atoms with Crippen molar-refractivity contribution in [3.05, 3.63) is 0 Å². The molecule has 0 aromatic rings. The summed E-state index contributed by atoms with van der Waals surface area (Å²) >= 11 is 2.03. The SMILES string of the molecule is C1CSCCN1.CCCC. The van der Waals surface area contributed by atoms with Gasteiger partial charge in [0, 0.05) is 24.6 Å². The Bertz CT molecular complexity index is 39.7. The van der Waals surface area contributed by atoms with Crippen molar-refractivity contribution in [3.63, 3.8) is 0 Å². The standard InChI is InChI=1S/C4H9NS.C4H10/c1-3-6-4-2-5-1;1-3-4-2/h5H,1-4H2;3-4H2,1-2H3. The summed E-state index contributed by atoms with van der Waals surface area (Å²) in [6.07, 6.45) is 2.64. The molecule has 0 aliphatic carbocycles. The van der Waals surface area contributed by atoms with Gasteiger partial charge in [-0.3, -0.25) is 0 Å². The van der Waals surface area contributed by atoms with Gasteiger partial charge in [0.2, 0.25) is 0 Å². The van der Waals surface area contributed by atoms with Crippen LogP contribution in [-0.4, -0.2) is 24.6 Å². The van der Waals surface area contributed by atoms with Gasteiger partial charge in [0.1, 0.15) is 0 Å². The number of thioether (sulfide) groups is 1. The average Bonchev–Trinajstić information content (AvgIpc) is 2.08. The maximum Gasteiger partial charge on any atom is 0.00585 e. The van der Waals surface area contributed by atoms with E-state index in [9.17, 15) is 0 Å². The minimum Gasteiger partial charge on any atom is -0.315 e. The van der Waals surface area contributed by atoms with E-state index >= 15 is 0 Å². The second kappa shape index (κ2) is 9.31. The van der Waals surface area contributed by atoms with Gasteiger partial charge in [0.15, 0.2) is 0 Å². The number of hydrogen-bond donors (Lipinski definition) is 1. The van der Waals surface area contributed by atoms with Gasteiger partial charge in [-0.05, 0) is 0 Å². The Morgan fingerprint density at radius 1 is 1.10 bits per heavy atom. The Morgan fingerprint density at radius 3 is 1.70 bits per heavy atom. The summed E-state index contributed by atoms with van der Waals surface area (Å²) in [6, 6.07) is 0. The van der Waals surface area contributed by atoms with Crippen LogP contribution in [-0.2, 0) is 0 Å². The second-order valence-electron chi connectivity index (χ2n) is 2.36. The van der Waals surface area contributed by atoms with E-state index < -0.39 is 0 Å². The molecule has 2 heteroatoms. The molecule has 1 nitrogen and oxygen atoms in total. The summed E-state index contributed by atoms with van der Waals surface area (Å²) in [5, 5.41) is 3.26. The summed E-state index contributed by atoms with van der Waals surface area (Å²) in [6.45, 7) is 6.79. The highest BCUT2D eigenvalue weighted by molar-refractivity contribution is 7.99. The first-order valence-electron chi connectivity index (χ1n) is 4.20. The molecule has 62 valence electrons. The van der Waals surface area contributed by atoms with Crippen LogP contribution in [0.25, 0.3) is 0 Å². The molecular formula is C8H19NS. The van der Waals surface area contributed by atoms with Crippen molar-refractivity contribution < 1.29 is 0 Å². The van der Waals surface area contributed by atoms with E-state index in [1.807, 2.05) is 11.8 Å². The van der Waals surface area contributed by atoms with E-state index in [0.717, 1.165) is 0 Å². The first kappa shape index (κ1) is 10.3. The van der Waals surface area contributed by atoms with Gasteiger partial charge in [-0.15, -0.1) is 0 Å². The third kappa shape index (κ3) is 8.31. The summed E-state index contributed by atoms with van der Waals surface area (Å²) in [5.41, 5.74) is 0. The Labute approximate surface area is 69.0 Å². The smallest absolute Gasteiger partial charge is 0.00585 e. The van der Waals surface area contributed by atoms with Gasteiger partial charge >= 0.3 is 0 Å². The molecule has 0 unspecified atom stereocenters. The van der Waals surface area contributed by atoms with E-state index in [4.69, 9.17) is 0 Å². The molecule has 0 radical (unpaired) electrons. The summed E-state index contributed by atoms with van der Waals surface area (Å²) in [7, 11) is 0. The molecule has 0 saturated carbocycles. The van der Waals surface area contributed by atoms with Gasteiger partial charge in [-0.1, -0.05) is 26.7 Å². The topological polar surface area (TPSA) is 12.0 Å². The van der Waals surface area contributed by atoms with Crippen molar-refractivity contribution in [1.29, 1.82) is 0 Å². The van der Waals surface area contributed by atoms with E-state index in [1.165, 1.54) is 37.4 Å². The van der Waals surface area contributed by atoms with Crippen LogP contribution in [0.3, 0.4) is 0 Å². The summed E-state index contributed by atoms with van der Waals surface area (Å²) in [5.74, 6) is 2.61. The first-order chi connectivity index (χ1) is 4.91. The van der Waals surface area contributed by atoms with Gasteiger partial charge in [-0.25, -0.2) is 0 Å². The fraction of sp³-hybridized carbons (Fsp3) is 1.00. The molecule has 1 fully saturated rings. The van der Waals surface area contributed by atoms with Crippen LogP contribution in [0.5, 0.6) is 0 Å². The zero-order valence-electron chi connectivity index (χ0n) is 7.15. The van der Waals surface area contributed by atoms with Crippen LogP contribution in [0.15, 0.2) is 0 Å². The van der Waals surface area contributed by atoms with Crippen LogP contribution in [0.4, 0.5) is 0 Å².